The molecule has 1 atom stereocenters. The van der Waals surface area contributed by atoms with Crippen molar-refractivity contribution in [3.05, 3.63) is 73.0 Å². The smallest absolute Gasteiger partial charge is 0.291 e. The number of fused-ring (bicyclic) bond motifs is 1. The minimum absolute atomic E-state index is 0.0164. The Kier molecular flexibility index (Phi) is 4.19. The largest absolute Gasteiger partial charge is 0.353 e. The van der Waals surface area contributed by atoms with E-state index in [9.17, 15) is 9.18 Å². The first kappa shape index (κ1) is 17.4. The number of rotatable bonds is 4. The summed E-state index contributed by atoms with van der Waals surface area (Å²) >= 11 is 0. The number of carbonyl (C=O) groups excluding carboxylic acids is 1. The summed E-state index contributed by atoms with van der Waals surface area (Å²) in [4.78, 5) is 23.3. The summed E-state index contributed by atoms with van der Waals surface area (Å²) in [6.07, 6.45) is 7.94. The van der Waals surface area contributed by atoms with Gasteiger partial charge in [0.25, 0.3) is 5.91 Å². The first-order chi connectivity index (χ1) is 14.2. The number of benzene rings is 1. The molecule has 1 aliphatic rings. The second kappa shape index (κ2) is 7.01. The van der Waals surface area contributed by atoms with Crippen LogP contribution < -0.4 is 10.2 Å². The van der Waals surface area contributed by atoms with Crippen LogP contribution in [0.15, 0.2) is 61.3 Å². The maximum absolute atomic E-state index is 13.1. The SMILES string of the molecule is O=C(NC1CCN(c2nccn3cccc23)C1)c1ncn(-c2ccc(F)cc2)n1. The third-order valence-electron chi connectivity index (χ3n) is 5.04. The fourth-order valence-electron chi connectivity index (χ4n) is 3.60. The number of hydrogen-bond donors (Lipinski definition) is 1. The van der Waals surface area contributed by atoms with E-state index in [4.69, 9.17) is 0 Å². The van der Waals surface area contributed by atoms with E-state index in [2.05, 4.69) is 25.3 Å². The van der Waals surface area contributed by atoms with Crippen molar-refractivity contribution in [3.8, 4) is 5.69 Å². The van der Waals surface area contributed by atoms with Crippen LogP contribution in [0.1, 0.15) is 17.0 Å². The molecular formula is C20H18FN7O. The molecule has 1 unspecified atom stereocenters. The van der Waals surface area contributed by atoms with E-state index in [1.807, 2.05) is 28.9 Å². The van der Waals surface area contributed by atoms with Crippen molar-refractivity contribution in [2.45, 2.75) is 12.5 Å². The van der Waals surface area contributed by atoms with Crippen LogP contribution in [0.25, 0.3) is 11.2 Å². The Morgan fingerprint density at radius 1 is 1.14 bits per heavy atom. The van der Waals surface area contributed by atoms with Gasteiger partial charge in [0.15, 0.2) is 5.82 Å². The van der Waals surface area contributed by atoms with Crippen LogP contribution in [-0.2, 0) is 0 Å². The predicted molar refractivity (Wildman–Crippen MR) is 105 cm³/mol. The summed E-state index contributed by atoms with van der Waals surface area (Å²) in [6.45, 7) is 1.47. The van der Waals surface area contributed by atoms with Crippen LogP contribution in [0, 0.1) is 5.82 Å². The molecule has 4 aromatic rings. The number of carbonyl (C=O) groups is 1. The Hall–Kier alpha value is -3.75. The molecule has 0 aliphatic carbocycles. The summed E-state index contributed by atoms with van der Waals surface area (Å²) in [5, 5.41) is 7.20. The van der Waals surface area contributed by atoms with Gasteiger partial charge in [0, 0.05) is 37.7 Å². The zero-order chi connectivity index (χ0) is 19.8. The molecule has 1 saturated heterocycles. The summed E-state index contributed by atoms with van der Waals surface area (Å²) < 4.78 is 16.5. The highest BCUT2D eigenvalue weighted by atomic mass is 19.1. The monoisotopic (exact) mass is 391 g/mol. The molecule has 0 spiro atoms. The number of amides is 1. The van der Waals surface area contributed by atoms with Gasteiger partial charge >= 0.3 is 0 Å². The van der Waals surface area contributed by atoms with Crippen LogP contribution in [-0.4, -0.2) is 49.2 Å². The predicted octanol–water partition coefficient (Wildman–Crippen LogP) is 2.06. The highest BCUT2D eigenvalue weighted by Crippen LogP contribution is 2.23. The first-order valence-electron chi connectivity index (χ1n) is 9.32. The lowest BCUT2D eigenvalue weighted by atomic mass is 10.2. The molecule has 4 heterocycles. The molecule has 146 valence electrons. The van der Waals surface area contributed by atoms with Crippen molar-refractivity contribution >= 4 is 17.2 Å². The Labute approximate surface area is 165 Å². The Morgan fingerprint density at radius 3 is 2.86 bits per heavy atom. The van der Waals surface area contributed by atoms with Crippen molar-refractivity contribution in [1.82, 2.24) is 29.5 Å². The van der Waals surface area contributed by atoms with Gasteiger partial charge in [-0.2, -0.15) is 0 Å². The molecular weight excluding hydrogens is 373 g/mol. The summed E-state index contributed by atoms with van der Waals surface area (Å²) in [5.41, 5.74) is 1.68. The van der Waals surface area contributed by atoms with Gasteiger partial charge in [-0.1, -0.05) is 0 Å². The minimum Gasteiger partial charge on any atom is -0.353 e. The van der Waals surface area contributed by atoms with Crippen LogP contribution in [0.4, 0.5) is 10.2 Å². The number of halogens is 1. The minimum atomic E-state index is -0.331. The van der Waals surface area contributed by atoms with Gasteiger partial charge < -0.3 is 14.6 Å². The highest BCUT2D eigenvalue weighted by Gasteiger charge is 2.27. The summed E-state index contributed by atoms with van der Waals surface area (Å²) in [5.74, 6) is 0.335. The number of hydrogen-bond acceptors (Lipinski definition) is 5. The molecule has 1 amide bonds. The van der Waals surface area contributed by atoms with E-state index in [0.717, 1.165) is 24.3 Å². The number of anilines is 1. The molecule has 0 bridgehead atoms. The molecule has 0 radical (unpaired) electrons. The molecule has 0 saturated carbocycles. The van der Waals surface area contributed by atoms with Gasteiger partial charge in [-0.15, -0.1) is 5.10 Å². The third kappa shape index (κ3) is 3.31. The van der Waals surface area contributed by atoms with Gasteiger partial charge in [0.1, 0.15) is 12.1 Å². The van der Waals surface area contributed by atoms with Crippen molar-refractivity contribution < 1.29 is 9.18 Å². The first-order valence-corrected chi connectivity index (χ1v) is 9.32. The average molecular weight is 391 g/mol. The Balaban J connectivity index is 1.26. The molecule has 1 N–H and O–H groups in total. The van der Waals surface area contributed by atoms with Gasteiger partial charge in [0.05, 0.1) is 11.2 Å². The van der Waals surface area contributed by atoms with Crippen LogP contribution in [0.5, 0.6) is 0 Å². The third-order valence-corrected chi connectivity index (χ3v) is 5.04. The number of nitrogens with zero attached hydrogens (tertiary/aromatic N) is 6. The normalized spacial score (nSPS) is 16.4. The van der Waals surface area contributed by atoms with E-state index in [-0.39, 0.29) is 23.6 Å². The van der Waals surface area contributed by atoms with Gasteiger partial charge in [-0.25, -0.2) is 19.0 Å². The lowest BCUT2D eigenvalue weighted by molar-refractivity contribution is 0.0930. The fraction of sp³-hybridized carbons (Fsp3) is 0.200. The summed E-state index contributed by atoms with van der Waals surface area (Å²) in [7, 11) is 0. The zero-order valence-corrected chi connectivity index (χ0v) is 15.4. The highest BCUT2D eigenvalue weighted by molar-refractivity contribution is 5.90. The van der Waals surface area contributed by atoms with E-state index < -0.39 is 0 Å². The average Bonchev–Trinajstić information content (AvgIpc) is 3.48. The molecule has 29 heavy (non-hydrogen) atoms. The number of nitrogens with one attached hydrogen (secondary N) is 1. The van der Waals surface area contributed by atoms with Crippen LogP contribution in [0.2, 0.25) is 0 Å². The molecule has 5 rings (SSSR count). The van der Waals surface area contributed by atoms with Crippen molar-refractivity contribution in [2.24, 2.45) is 0 Å². The van der Waals surface area contributed by atoms with Crippen molar-refractivity contribution in [2.75, 3.05) is 18.0 Å². The molecule has 1 aromatic carbocycles. The van der Waals surface area contributed by atoms with Gasteiger partial charge in [-0.3, -0.25) is 4.79 Å². The Morgan fingerprint density at radius 2 is 2.00 bits per heavy atom. The van der Waals surface area contributed by atoms with E-state index >= 15 is 0 Å². The number of aromatic nitrogens is 5. The molecule has 1 aliphatic heterocycles. The second-order valence-corrected chi connectivity index (χ2v) is 6.95. The van der Waals surface area contributed by atoms with E-state index in [0.29, 0.717) is 12.2 Å². The quantitative estimate of drug-likeness (QED) is 0.576. The van der Waals surface area contributed by atoms with Crippen molar-refractivity contribution in [1.29, 1.82) is 0 Å². The maximum Gasteiger partial charge on any atom is 0.291 e. The topological polar surface area (TPSA) is 80.4 Å². The molecule has 3 aromatic heterocycles. The van der Waals surface area contributed by atoms with Crippen LogP contribution >= 0.6 is 0 Å². The molecule has 1 fully saturated rings. The van der Waals surface area contributed by atoms with E-state index in [1.54, 1.807) is 18.3 Å². The standard InChI is InChI=1S/C20H18FN7O/c21-14-3-5-16(6-4-14)28-13-23-18(25-28)20(29)24-15-7-10-27(12-15)19-17-2-1-9-26(17)11-8-22-19/h1-6,8-9,11,13,15H,7,10,12H2,(H,24,29). The summed E-state index contributed by atoms with van der Waals surface area (Å²) in [6, 6.07) is 9.83. The maximum atomic E-state index is 13.1. The van der Waals surface area contributed by atoms with E-state index in [1.165, 1.54) is 23.1 Å². The zero-order valence-electron chi connectivity index (χ0n) is 15.4. The van der Waals surface area contributed by atoms with Crippen molar-refractivity contribution in [3.63, 3.8) is 0 Å². The van der Waals surface area contributed by atoms with Gasteiger partial charge in [0.2, 0.25) is 5.82 Å². The van der Waals surface area contributed by atoms with Gasteiger partial charge in [-0.05, 0) is 42.8 Å². The molecule has 8 nitrogen and oxygen atoms in total. The Bertz CT molecular complexity index is 1170. The van der Waals surface area contributed by atoms with Crippen LogP contribution in [0.3, 0.4) is 0 Å². The lowest BCUT2D eigenvalue weighted by Gasteiger charge is -2.18. The second-order valence-electron chi connectivity index (χ2n) is 6.95. The molecule has 9 heteroatoms. The lowest BCUT2D eigenvalue weighted by Crippen LogP contribution is -2.37. The fourth-order valence-corrected chi connectivity index (χ4v) is 3.60.